The number of benzene rings is 7. The smallest absolute Gasteiger partial charge is 0.258 e. The van der Waals surface area contributed by atoms with Crippen molar-refractivity contribution in [2.45, 2.75) is 0 Å². The van der Waals surface area contributed by atoms with Crippen LogP contribution in [0.1, 0.15) is 0 Å². The summed E-state index contributed by atoms with van der Waals surface area (Å²) in [6, 6.07) is 14.0. The molecular formula is C16H7NO2. The number of non-ortho nitro benzene ring substituents is 1. The lowest BCUT2D eigenvalue weighted by Crippen LogP contribution is -1.97. The Morgan fingerprint density at radius 3 is 2.47 bits per heavy atom. The number of nitro groups is 1. The highest BCUT2D eigenvalue weighted by Gasteiger charge is 2.24. The highest BCUT2D eigenvalue weighted by atomic mass is 16.6. The fraction of sp³-hybridized carbons (Fsp3) is 0. The topological polar surface area (TPSA) is 43.1 Å². The lowest BCUT2D eigenvalue weighted by atomic mass is 9.84. The van der Waals surface area contributed by atoms with E-state index in [4.69, 9.17) is 0 Å². The zero-order valence-electron chi connectivity index (χ0n) is 9.81. The second-order valence-corrected chi connectivity index (χ2v) is 5.07. The number of hydrogen-bond donors (Lipinski definition) is 0. The first-order valence-electron chi connectivity index (χ1n) is 6.15. The Morgan fingerprint density at radius 1 is 0.789 bits per heavy atom. The zero-order chi connectivity index (χ0) is 12.7. The average Bonchev–Trinajstić information content (AvgIpc) is 2.45. The fourth-order valence-corrected chi connectivity index (χ4v) is 3.52. The zero-order valence-corrected chi connectivity index (χ0v) is 9.81. The van der Waals surface area contributed by atoms with Gasteiger partial charge < -0.3 is 0 Å². The molecular weight excluding hydrogens is 238 g/mol. The van der Waals surface area contributed by atoms with E-state index >= 15 is 0 Å². The molecule has 0 spiro atoms. The molecule has 0 radical (unpaired) electrons. The maximum atomic E-state index is 11.2. The molecule has 0 saturated heterocycles. The van der Waals surface area contributed by atoms with Crippen LogP contribution in [0.15, 0.2) is 42.5 Å². The highest BCUT2D eigenvalue weighted by molar-refractivity contribution is 6.39. The Balaban J connectivity index is 2.29. The van der Waals surface area contributed by atoms with Crippen molar-refractivity contribution in [2.24, 2.45) is 0 Å². The number of nitro benzene ring substituents is 1. The highest BCUT2D eigenvalue weighted by Crippen LogP contribution is 2.48. The summed E-state index contributed by atoms with van der Waals surface area (Å²) in [5, 5.41) is 19.8. The van der Waals surface area contributed by atoms with E-state index in [2.05, 4.69) is 24.3 Å². The van der Waals surface area contributed by atoms with E-state index in [9.17, 15) is 10.1 Å². The number of hydrogen-bond acceptors (Lipinski definition) is 2. The SMILES string of the molecule is O=[N+]([O-])c1cc2cc3c4cccc5ccc(c13)c2c54. The van der Waals surface area contributed by atoms with Crippen LogP contribution in [0.2, 0.25) is 0 Å². The van der Waals surface area contributed by atoms with E-state index in [1.807, 2.05) is 12.1 Å². The third-order valence-electron chi connectivity index (χ3n) is 4.21. The van der Waals surface area contributed by atoms with E-state index in [1.54, 1.807) is 6.07 Å². The molecule has 0 aliphatic carbocycles. The van der Waals surface area contributed by atoms with Gasteiger partial charge in [0.15, 0.2) is 0 Å². The summed E-state index contributed by atoms with van der Waals surface area (Å²) in [5.41, 5.74) is 0.230. The van der Waals surface area contributed by atoms with E-state index in [0.29, 0.717) is 0 Å². The number of fused-ring (bicyclic) bond motifs is 1. The summed E-state index contributed by atoms with van der Waals surface area (Å²) in [6.07, 6.45) is 0. The summed E-state index contributed by atoms with van der Waals surface area (Å²) < 4.78 is 0. The van der Waals surface area contributed by atoms with Gasteiger partial charge in [-0.1, -0.05) is 30.3 Å². The van der Waals surface area contributed by atoms with E-state index in [0.717, 1.165) is 26.9 Å². The van der Waals surface area contributed by atoms with Crippen LogP contribution in [-0.4, -0.2) is 4.92 Å². The van der Waals surface area contributed by atoms with Crippen LogP contribution in [0.4, 0.5) is 5.69 Å². The monoisotopic (exact) mass is 245 g/mol. The van der Waals surface area contributed by atoms with Crippen LogP contribution >= 0.6 is 0 Å². The van der Waals surface area contributed by atoms with Gasteiger partial charge in [0.25, 0.3) is 5.69 Å². The molecule has 0 N–H and O–H groups in total. The second-order valence-electron chi connectivity index (χ2n) is 5.07. The average molecular weight is 245 g/mol. The van der Waals surface area contributed by atoms with Crippen LogP contribution < -0.4 is 0 Å². The summed E-state index contributed by atoms with van der Waals surface area (Å²) in [4.78, 5) is 11.0. The predicted molar refractivity (Wildman–Crippen MR) is 76.7 cm³/mol. The molecule has 19 heavy (non-hydrogen) atoms. The molecule has 0 aromatic heterocycles. The van der Waals surface area contributed by atoms with Gasteiger partial charge in [-0.15, -0.1) is 0 Å². The lowest BCUT2D eigenvalue weighted by Gasteiger charge is -2.19. The lowest BCUT2D eigenvalue weighted by molar-refractivity contribution is -0.382. The quantitative estimate of drug-likeness (QED) is 0.247. The van der Waals surface area contributed by atoms with Crippen molar-refractivity contribution in [3.63, 3.8) is 0 Å². The molecule has 7 aromatic carbocycles. The molecule has 7 rings (SSSR count). The summed E-state index contributed by atoms with van der Waals surface area (Å²) in [6.45, 7) is 0. The predicted octanol–water partition coefficient (Wildman–Crippen LogP) is 4.52. The molecule has 6 bridgehead atoms. The van der Waals surface area contributed by atoms with Gasteiger partial charge >= 0.3 is 0 Å². The molecule has 0 fully saturated rings. The first-order chi connectivity index (χ1) is 9.25. The van der Waals surface area contributed by atoms with Crippen molar-refractivity contribution in [3.05, 3.63) is 52.6 Å². The van der Waals surface area contributed by atoms with Crippen LogP contribution in [0, 0.1) is 10.1 Å². The third kappa shape index (κ3) is 0.857. The van der Waals surface area contributed by atoms with Crippen molar-refractivity contribution in [3.8, 4) is 0 Å². The molecule has 88 valence electrons. The van der Waals surface area contributed by atoms with Crippen LogP contribution in [0.5, 0.6) is 0 Å². The minimum absolute atomic E-state index is 0.230. The van der Waals surface area contributed by atoms with E-state index < -0.39 is 0 Å². The molecule has 0 atom stereocenters. The van der Waals surface area contributed by atoms with Gasteiger partial charge in [0.2, 0.25) is 0 Å². The normalized spacial score (nSPS) is 12.6. The van der Waals surface area contributed by atoms with Gasteiger partial charge in [0.1, 0.15) is 0 Å². The molecule has 0 amide bonds. The van der Waals surface area contributed by atoms with Crippen LogP contribution in [0.25, 0.3) is 43.1 Å². The van der Waals surface area contributed by atoms with E-state index in [1.165, 1.54) is 16.2 Å². The molecule has 0 aliphatic heterocycles. The Labute approximate surface area is 107 Å². The minimum atomic E-state index is -0.274. The van der Waals surface area contributed by atoms with Crippen molar-refractivity contribution in [1.82, 2.24) is 0 Å². The largest absolute Gasteiger partial charge is 0.278 e. The Kier molecular flexibility index (Phi) is 1.30. The van der Waals surface area contributed by atoms with Gasteiger partial charge in [0.05, 0.1) is 10.3 Å². The van der Waals surface area contributed by atoms with Crippen LogP contribution in [-0.2, 0) is 0 Å². The maximum Gasteiger partial charge on any atom is 0.278 e. The van der Waals surface area contributed by atoms with Crippen molar-refractivity contribution < 1.29 is 4.92 Å². The van der Waals surface area contributed by atoms with Gasteiger partial charge in [-0.2, -0.15) is 0 Å². The van der Waals surface area contributed by atoms with E-state index in [-0.39, 0.29) is 10.6 Å². The van der Waals surface area contributed by atoms with Crippen molar-refractivity contribution in [1.29, 1.82) is 0 Å². The molecule has 0 heterocycles. The molecule has 3 nitrogen and oxygen atoms in total. The summed E-state index contributed by atoms with van der Waals surface area (Å²) >= 11 is 0. The van der Waals surface area contributed by atoms with Gasteiger partial charge in [-0.3, -0.25) is 10.1 Å². The number of rotatable bonds is 1. The molecule has 0 saturated carbocycles. The van der Waals surface area contributed by atoms with Crippen LogP contribution in [0.3, 0.4) is 0 Å². The van der Waals surface area contributed by atoms with Gasteiger partial charge in [-0.05, 0) is 43.8 Å². The van der Waals surface area contributed by atoms with Crippen molar-refractivity contribution in [2.75, 3.05) is 0 Å². The second kappa shape index (κ2) is 2.67. The first-order valence-corrected chi connectivity index (χ1v) is 6.15. The third-order valence-corrected chi connectivity index (χ3v) is 4.21. The molecule has 3 heteroatoms. The first kappa shape index (κ1) is 9.28. The summed E-state index contributed by atoms with van der Waals surface area (Å²) in [5.74, 6) is 0. The molecule has 0 unspecified atom stereocenters. The Hall–Kier alpha value is -2.68. The standard InChI is InChI=1S/C16H7NO2/c18-17(19)13-7-9-6-12-10-3-1-2-8-4-5-11(16(12)13)15(9)14(8)10/h1-7H. The molecule has 7 aromatic rings. The van der Waals surface area contributed by atoms with Crippen molar-refractivity contribution >= 4 is 48.8 Å². The van der Waals surface area contributed by atoms with Gasteiger partial charge in [-0.25, -0.2) is 0 Å². The molecule has 0 aliphatic rings. The number of nitrogens with zero attached hydrogens (tertiary/aromatic N) is 1. The maximum absolute atomic E-state index is 11.2. The Morgan fingerprint density at radius 2 is 1.63 bits per heavy atom. The fourth-order valence-electron chi connectivity index (χ4n) is 3.52. The minimum Gasteiger partial charge on any atom is -0.258 e. The Bertz CT molecular complexity index is 1080. The van der Waals surface area contributed by atoms with Gasteiger partial charge in [0, 0.05) is 6.07 Å². The summed E-state index contributed by atoms with van der Waals surface area (Å²) in [7, 11) is 0.